The van der Waals surface area contributed by atoms with Gasteiger partial charge in [-0.3, -0.25) is 0 Å². The molecule has 0 unspecified atom stereocenters. The topological polar surface area (TPSA) is 41.9 Å². The van der Waals surface area contributed by atoms with Crippen LogP contribution in [0.1, 0.15) is 22.3 Å². The highest BCUT2D eigenvalue weighted by Crippen LogP contribution is 2.39. The lowest BCUT2D eigenvalue weighted by molar-refractivity contribution is 1.04. The fourth-order valence-electron chi connectivity index (χ4n) is 3.28. The van der Waals surface area contributed by atoms with Gasteiger partial charge in [0, 0.05) is 24.0 Å². The summed E-state index contributed by atoms with van der Waals surface area (Å²) in [6.45, 7) is 8.62. The van der Waals surface area contributed by atoms with Crippen molar-refractivity contribution in [2.24, 2.45) is 0 Å². The van der Waals surface area contributed by atoms with Crippen LogP contribution >= 0.6 is 0 Å². The second-order valence-electron chi connectivity index (χ2n) is 6.08. The van der Waals surface area contributed by atoms with Crippen LogP contribution in [0.15, 0.2) is 43.0 Å². The Bertz CT molecular complexity index is 829. The van der Waals surface area contributed by atoms with E-state index in [0.717, 1.165) is 11.4 Å². The molecule has 0 aliphatic rings. The van der Waals surface area contributed by atoms with Crippen molar-refractivity contribution < 1.29 is 0 Å². The highest BCUT2D eigenvalue weighted by Gasteiger charge is 2.20. The van der Waals surface area contributed by atoms with Gasteiger partial charge in [-0.2, -0.15) is 0 Å². The maximum Gasteiger partial charge on any atom is 0.163 e. The number of hydrogen-bond donors (Lipinski definition) is 0. The number of rotatable bonds is 3. The maximum absolute atomic E-state index is 4.35. The van der Waals surface area contributed by atoms with E-state index in [4.69, 9.17) is 0 Å². The van der Waals surface area contributed by atoms with E-state index < -0.39 is 0 Å². The largest absolute Gasteiger partial charge is 0.344 e. The van der Waals surface area contributed by atoms with Crippen molar-refractivity contribution in [3.05, 3.63) is 65.2 Å². The number of para-hydroxylation sites is 1. The Morgan fingerprint density at radius 1 is 0.750 bits per heavy atom. The van der Waals surface area contributed by atoms with Gasteiger partial charge in [0.1, 0.15) is 12.7 Å². The Morgan fingerprint density at radius 2 is 1.29 bits per heavy atom. The second-order valence-corrected chi connectivity index (χ2v) is 6.08. The van der Waals surface area contributed by atoms with E-state index in [1.165, 1.54) is 33.6 Å². The summed E-state index contributed by atoms with van der Waals surface area (Å²) >= 11 is 0. The summed E-state index contributed by atoms with van der Waals surface area (Å²) in [5, 5.41) is 0. The lowest BCUT2D eigenvalue weighted by atomic mass is 9.91. The van der Waals surface area contributed by atoms with Crippen molar-refractivity contribution in [3.8, 4) is 11.4 Å². The summed E-state index contributed by atoms with van der Waals surface area (Å²) in [4.78, 5) is 14.9. The zero-order chi connectivity index (χ0) is 17.3. The van der Waals surface area contributed by atoms with Crippen LogP contribution in [0.4, 0.5) is 11.4 Å². The number of anilines is 2. The van der Waals surface area contributed by atoms with Crippen molar-refractivity contribution in [1.82, 2.24) is 15.0 Å². The average molecular weight is 318 g/mol. The SMILES string of the molecule is Cc1c(C)c(N(C)c2ccccc2)c(C)c(C)c1-c1ncncn1. The van der Waals surface area contributed by atoms with Crippen molar-refractivity contribution in [2.45, 2.75) is 27.7 Å². The van der Waals surface area contributed by atoms with Gasteiger partial charge in [-0.05, 0) is 62.1 Å². The van der Waals surface area contributed by atoms with Crippen LogP contribution in [-0.2, 0) is 0 Å². The monoisotopic (exact) mass is 318 g/mol. The van der Waals surface area contributed by atoms with Crippen LogP contribution in [-0.4, -0.2) is 22.0 Å². The first-order chi connectivity index (χ1) is 11.5. The van der Waals surface area contributed by atoms with Crippen LogP contribution in [0.2, 0.25) is 0 Å². The Labute approximate surface area is 143 Å². The summed E-state index contributed by atoms with van der Waals surface area (Å²) in [7, 11) is 2.12. The summed E-state index contributed by atoms with van der Waals surface area (Å²) < 4.78 is 0. The van der Waals surface area contributed by atoms with Crippen molar-refractivity contribution in [1.29, 1.82) is 0 Å². The highest BCUT2D eigenvalue weighted by atomic mass is 15.1. The standard InChI is InChI=1S/C20H22N4/c1-13-15(3)19(24(5)17-9-7-6-8-10-17)16(4)14(2)18(13)20-22-11-21-12-23-20/h6-12H,1-5H3. The molecular weight excluding hydrogens is 296 g/mol. The van der Waals surface area contributed by atoms with E-state index in [1.807, 2.05) is 6.07 Å². The van der Waals surface area contributed by atoms with E-state index in [2.05, 4.69) is 78.9 Å². The van der Waals surface area contributed by atoms with E-state index in [0.29, 0.717) is 0 Å². The summed E-state index contributed by atoms with van der Waals surface area (Å²) in [5.74, 6) is 0.736. The Hall–Kier alpha value is -2.75. The smallest absolute Gasteiger partial charge is 0.163 e. The van der Waals surface area contributed by atoms with Gasteiger partial charge in [-0.1, -0.05) is 18.2 Å². The zero-order valence-corrected chi connectivity index (χ0v) is 14.8. The lowest BCUT2D eigenvalue weighted by Gasteiger charge is -2.27. The quantitative estimate of drug-likeness (QED) is 0.711. The number of hydrogen-bond acceptors (Lipinski definition) is 4. The molecule has 0 N–H and O–H groups in total. The number of aromatic nitrogens is 3. The minimum Gasteiger partial charge on any atom is -0.344 e. The van der Waals surface area contributed by atoms with Gasteiger partial charge in [0.15, 0.2) is 5.82 Å². The molecule has 0 saturated heterocycles. The molecule has 0 bridgehead atoms. The van der Waals surface area contributed by atoms with Crippen molar-refractivity contribution >= 4 is 11.4 Å². The van der Waals surface area contributed by atoms with Gasteiger partial charge in [0.2, 0.25) is 0 Å². The lowest BCUT2D eigenvalue weighted by Crippen LogP contribution is -2.15. The first-order valence-corrected chi connectivity index (χ1v) is 8.04. The molecule has 3 rings (SSSR count). The fraction of sp³-hybridized carbons (Fsp3) is 0.250. The van der Waals surface area contributed by atoms with Crippen LogP contribution < -0.4 is 4.90 Å². The molecule has 0 aliphatic heterocycles. The van der Waals surface area contributed by atoms with Crippen molar-refractivity contribution in [3.63, 3.8) is 0 Å². The van der Waals surface area contributed by atoms with E-state index in [1.54, 1.807) is 12.7 Å². The molecule has 24 heavy (non-hydrogen) atoms. The average Bonchev–Trinajstić information content (AvgIpc) is 2.62. The minimum absolute atomic E-state index is 0.736. The van der Waals surface area contributed by atoms with Gasteiger partial charge >= 0.3 is 0 Å². The molecule has 0 fully saturated rings. The molecule has 0 radical (unpaired) electrons. The molecular formula is C20H22N4. The summed E-state index contributed by atoms with van der Waals surface area (Å²) in [6.07, 6.45) is 3.10. The summed E-state index contributed by atoms with van der Waals surface area (Å²) in [6, 6.07) is 10.4. The minimum atomic E-state index is 0.736. The van der Waals surface area contributed by atoms with Gasteiger partial charge in [0.25, 0.3) is 0 Å². The predicted octanol–water partition coefficient (Wildman–Crippen LogP) is 4.54. The Kier molecular flexibility index (Phi) is 4.30. The third-order valence-corrected chi connectivity index (χ3v) is 4.78. The Morgan fingerprint density at radius 3 is 1.83 bits per heavy atom. The normalized spacial score (nSPS) is 10.7. The third kappa shape index (κ3) is 2.64. The molecule has 0 amide bonds. The first kappa shape index (κ1) is 16.1. The van der Waals surface area contributed by atoms with Crippen LogP contribution in [0.5, 0.6) is 0 Å². The molecule has 1 aromatic heterocycles. The molecule has 1 heterocycles. The molecule has 0 aliphatic carbocycles. The molecule has 122 valence electrons. The molecule has 4 heteroatoms. The molecule has 0 spiro atoms. The predicted molar refractivity (Wildman–Crippen MR) is 98.7 cm³/mol. The fourth-order valence-corrected chi connectivity index (χ4v) is 3.28. The van der Waals surface area contributed by atoms with E-state index >= 15 is 0 Å². The second kappa shape index (κ2) is 6.40. The van der Waals surface area contributed by atoms with Gasteiger partial charge in [-0.25, -0.2) is 15.0 Å². The maximum atomic E-state index is 4.35. The summed E-state index contributed by atoms with van der Waals surface area (Å²) in [5.41, 5.74) is 8.45. The first-order valence-electron chi connectivity index (χ1n) is 8.04. The van der Waals surface area contributed by atoms with Crippen LogP contribution in [0.3, 0.4) is 0 Å². The molecule has 0 saturated carbocycles. The Balaban J connectivity index is 2.21. The van der Waals surface area contributed by atoms with Crippen molar-refractivity contribution in [2.75, 3.05) is 11.9 Å². The third-order valence-electron chi connectivity index (χ3n) is 4.78. The van der Waals surface area contributed by atoms with Crippen LogP contribution in [0, 0.1) is 27.7 Å². The van der Waals surface area contributed by atoms with Crippen LogP contribution in [0.25, 0.3) is 11.4 Å². The molecule has 2 aromatic carbocycles. The van der Waals surface area contributed by atoms with Gasteiger partial charge < -0.3 is 4.90 Å². The molecule has 3 aromatic rings. The van der Waals surface area contributed by atoms with Gasteiger partial charge in [-0.15, -0.1) is 0 Å². The van der Waals surface area contributed by atoms with E-state index in [9.17, 15) is 0 Å². The zero-order valence-electron chi connectivity index (χ0n) is 14.8. The van der Waals surface area contributed by atoms with Gasteiger partial charge in [0.05, 0.1) is 0 Å². The highest BCUT2D eigenvalue weighted by molar-refractivity contribution is 5.79. The molecule has 4 nitrogen and oxygen atoms in total. The number of benzene rings is 2. The molecule has 0 atom stereocenters. The number of nitrogens with zero attached hydrogens (tertiary/aromatic N) is 4. The van der Waals surface area contributed by atoms with E-state index in [-0.39, 0.29) is 0 Å².